The second-order valence-electron chi connectivity index (χ2n) is 4.69. The van der Waals surface area contributed by atoms with E-state index >= 15 is 0 Å². The average Bonchev–Trinajstić information content (AvgIpc) is 2.45. The van der Waals surface area contributed by atoms with Gasteiger partial charge < -0.3 is 10.4 Å². The van der Waals surface area contributed by atoms with Crippen LogP contribution in [0.2, 0.25) is 10.0 Å². The van der Waals surface area contributed by atoms with Crippen LogP contribution in [0.4, 0.5) is 0 Å². The van der Waals surface area contributed by atoms with Gasteiger partial charge in [-0.25, -0.2) is 4.79 Å². The molecular weight excluding hydrogens is 313 g/mol. The smallest absolute Gasteiger partial charge is 0.326 e. The van der Waals surface area contributed by atoms with Gasteiger partial charge in [0.25, 0.3) is 0 Å². The van der Waals surface area contributed by atoms with E-state index in [-0.39, 0.29) is 5.92 Å². The van der Waals surface area contributed by atoms with E-state index in [0.717, 1.165) is 0 Å². The number of benzene rings is 1. The number of halogens is 2. The van der Waals surface area contributed by atoms with Crippen LogP contribution in [0.1, 0.15) is 25.8 Å². The highest BCUT2D eigenvalue weighted by molar-refractivity contribution is 6.42. The number of carboxylic acid groups (broad SMARTS) is 1. The van der Waals surface area contributed by atoms with Gasteiger partial charge in [0, 0.05) is 6.08 Å². The largest absolute Gasteiger partial charge is 0.480 e. The minimum Gasteiger partial charge on any atom is -0.480 e. The minimum absolute atomic E-state index is 0.158. The van der Waals surface area contributed by atoms with Gasteiger partial charge in [-0.05, 0) is 23.6 Å². The van der Waals surface area contributed by atoms with Crippen LogP contribution in [0.15, 0.2) is 24.3 Å². The summed E-state index contributed by atoms with van der Waals surface area (Å²) in [7, 11) is 0. The molecule has 0 radical (unpaired) electrons. The van der Waals surface area contributed by atoms with Crippen LogP contribution in [0.25, 0.3) is 6.08 Å². The molecule has 2 N–H and O–H groups in total. The first-order valence-electron chi connectivity index (χ1n) is 6.52. The number of carboxylic acids is 1. The fourth-order valence-corrected chi connectivity index (χ4v) is 2.07. The van der Waals surface area contributed by atoms with Crippen LogP contribution < -0.4 is 5.32 Å². The molecule has 0 aliphatic rings. The molecule has 21 heavy (non-hydrogen) atoms. The van der Waals surface area contributed by atoms with Gasteiger partial charge in [0.2, 0.25) is 5.91 Å². The highest BCUT2D eigenvalue weighted by Crippen LogP contribution is 2.26. The van der Waals surface area contributed by atoms with Crippen LogP contribution in [0.3, 0.4) is 0 Å². The maximum absolute atomic E-state index is 11.8. The summed E-state index contributed by atoms with van der Waals surface area (Å²) in [5.74, 6) is -1.69. The van der Waals surface area contributed by atoms with Crippen LogP contribution in [-0.2, 0) is 9.59 Å². The topological polar surface area (TPSA) is 66.4 Å². The Morgan fingerprint density at radius 2 is 2.05 bits per heavy atom. The molecule has 0 aliphatic carbocycles. The summed E-state index contributed by atoms with van der Waals surface area (Å²) in [5.41, 5.74) is 0.592. The summed E-state index contributed by atoms with van der Waals surface area (Å²) in [6, 6.07) is 4.15. The average molecular weight is 330 g/mol. The van der Waals surface area contributed by atoms with Gasteiger partial charge in [0.1, 0.15) is 6.04 Å². The van der Waals surface area contributed by atoms with Gasteiger partial charge in [-0.2, -0.15) is 0 Å². The second kappa shape index (κ2) is 8.05. The van der Waals surface area contributed by atoms with Gasteiger partial charge >= 0.3 is 5.97 Å². The zero-order valence-corrected chi connectivity index (χ0v) is 13.3. The van der Waals surface area contributed by atoms with E-state index in [4.69, 9.17) is 28.3 Å². The molecule has 2 atom stereocenters. The monoisotopic (exact) mass is 329 g/mol. The zero-order chi connectivity index (χ0) is 16.0. The third-order valence-corrected chi connectivity index (χ3v) is 4.01. The number of hydrogen-bond donors (Lipinski definition) is 2. The number of nitrogens with one attached hydrogen (secondary N) is 1. The predicted octanol–water partition coefficient (Wildman–Crippen LogP) is 3.62. The molecule has 1 amide bonds. The molecule has 1 aromatic rings. The Morgan fingerprint density at radius 1 is 1.38 bits per heavy atom. The van der Waals surface area contributed by atoms with Gasteiger partial charge in [-0.15, -0.1) is 0 Å². The van der Waals surface area contributed by atoms with Crippen molar-refractivity contribution in [3.05, 3.63) is 39.9 Å². The van der Waals surface area contributed by atoms with Crippen molar-refractivity contribution >= 4 is 41.2 Å². The van der Waals surface area contributed by atoms with Crippen LogP contribution in [0.5, 0.6) is 0 Å². The van der Waals surface area contributed by atoms with Crippen molar-refractivity contribution in [2.24, 2.45) is 5.92 Å². The lowest BCUT2D eigenvalue weighted by Gasteiger charge is -2.19. The number of carbonyl (C=O) groups is 2. The number of carbonyl (C=O) groups excluding carboxylic acids is 1. The quantitative estimate of drug-likeness (QED) is 0.783. The Kier molecular flexibility index (Phi) is 6.72. The highest BCUT2D eigenvalue weighted by Gasteiger charge is 2.24. The normalized spacial score (nSPS) is 13.9. The molecule has 6 heteroatoms. The predicted molar refractivity (Wildman–Crippen MR) is 84.5 cm³/mol. The molecule has 114 valence electrons. The summed E-state index contributed by atoms with van der Waals surface area (Å²) in [6.45, 7) is 3.64. The molecule has 2 unspecified atom stereocenters. The van der Waals surface area contributed by atoms with Crippen LogP contribution in [-0.4, -0.2) is 23.0 Å². The van der Waals surface area contributed by atoms with E-state index in [9.17, 15) is 9.59 Å². The third-order valence-electron chi connectivity index (χ3n) is 3.17. The van der Waals surface area contributed by atoms with E-state index in [2.05, 4.69) is 5.32 Å². The van der Waals surface area contributed by atoms with E-state index in [1.54, 1.807) is 25.1 Å². The maximum Gasteiger partial charge on any atom is 0.326 e. The van der Waals surface area contributed by atoms with Crippen molar-refractivity contribution < 1.29 is 14.7 Å². The van der Waals surface area contributed by atoms with Gasteiger partial charge in [-0.1, -0.05) is 55.6 Å². The molecule has 0 saturated heterocycles. The van der Waals surface area contributed by atoms with Crippen molar-refractivity contribution in [1.29, 1.82) is 0 Å². The van der Waals surface area contributed by atoms with Crippen molar-refractivity contribution in [3.8, 4) is 0 Å². The van der Waals surface area contributed by atoms with Crippen molar-refractivity contribution in [1.82, 2.24) is 5.32 Å². The summed E-state index contributed by atoms with van der Waals surface area (Å²) >= 11 is 11.9. The van der Waals surface area contributed by atoms with Crippen molar-refractivity contribution in [3.63, 3.8) is 0 Å². The molecular formula is C15H17Cl2NO3. The summed E-state index contributed by atoms with van der Waals surface area (Å²) in [4.78, 5) is 22.9. The number of aliphatic carboxylic acids is 1. The van der Waals surface area contributed by atoms with E-state index in [1.165, 1.54) is 12.2 Å². The van der Waals surface area contributed by atoms with Crippen molar-refractivity contribution in [2.45, 2.75) is 26.3 Å². The summed E-state index contributed by atoms with van der Waals surface area (Å²) in [5, 5.41) is 12.3. The van der Waals surface area contributed by atoms with Gasteiger partial charge in [-0.3, -0.25) is 4.79 Å². The van der Waals surface area contributed by atoms with Crippen LogP contribution >= 0.6 is 23.2 Å². The first-order chi connectivity index (χ1) is 9.86. The standard InChI is InChI=1S/C15H17Cl2NO3/c1-3-9(2)14(15(20)21)18-12(19)8-7-10-5-4-6-11(16)13(10)17/h4-9,14H,3H2,1-2H3,(H,18,19)(H,20,21)/b8-7+. The van der Waals surface area contributed by atoms with E-state index in [0.29, 0.717) is 22.0 Å². The van der Waals surface area contributed by atoms with Gasteiger partial charge in [0.15, 0.2) is 0 Å². The summed E-state index contributed by atoms with van der Waals surface area (Å²) < 4.78 is 0. The number of hydrogen-bond acceptors (Lipinski definition) is 2. The Bertz CT molecular complexity index is 558. The Morgan fingerprint density at radius 3 is 2.62 bits per heavy atom. The first kappa shape index (κ1) is 17.5. The fourth-order valence-electron chi connectivity index (χ4n) is 1.70. The first-order valence-corrected chi connectivity index (χ1v) is 7.27. The fraction of sp³-hybridized carbons (Fsp3) is 0.333. The highest BCUT2D eigenvalue weighted by atomic mass is 35.5. The number of amides is 1. The molecule has 0 fully saturated rings. The molecule has 0 heterocycles. The molecule has 4 nitrogen and oxygen atoms in total. The Labute approximate surface area is 133 Å². The molecule has 0 spiro atoms. The third kappa shape index (κ3) is 5.06. The lowest BCUT2D eigenvalue weighted by Crippen LogP contribution is -2.44. The zero-order valence-electron chi connectivity index (χ0n) is 11.8. The SMILES string of the molecule is CCC(C)C(NC(=O)/C=C/c1cccc(Cl)c1Cl)C(=O)O. The van der Waals surface area contributed by atoms with E-state index in [1.807, 2.05) is 6.92 Å². The van der Waals surface area contributed by atoms with E-state index < -0.39 is 17.9 Å². The lowest BCUT2D eigenvalue weighted by molar-refractivity contribution is -0.142. The minimum atomic E-state index is -1.05. The maximum atomic E-state index is 11.8. The molecule has 1 rings (SSSR count). The van der Waals surface area contributed by atoms with Crippen molar-refractivity contribution in [2.75, 3.05) is 0 Å². The molecule has 0 saturated carbocycles. The second-order valence-corrected chi connectivity index (χ2v) is 5.47. The molecule has 1 aromatic carbocycles. The molecule has 0 bridgehead atoms. The molecule has 0 aliphatic heterocycles. The molecule has 0 aromatic heterocycles. The Hall–Kier alpha value is -1.52. The number of rotatable bonds is 6. The lowest BCUT2D eigenvalue weighted by atomic mass is 9.99. The Balaban J connectivity index is 2.78. The van der Waals surface area contributed by atoms with Crippen LogP contribution in [0, 0.1) is 5.92 Å². The van der Waals surface area contributed by atoms with Gasteiger partial charge in [0.05, 0.1) is 10.0 Å². The summed E-state index contributed by atoms with van der Waals surface area (Å²) in [6.07, 6.45) is 3.40.